The van der Waals surface area contributed by atoms with Crippen LogP contribution in [0.1, 0.15) is 27.2 Å². The number of aryl methyl sites for hydroxylation is 1. The third-order valence-electron chi connectivity index (χ3n) is 4.68. The van der Waals surface area contributed by atoms with Crippen molar-refractivity contribution in [1.82, 2.24) is 9.47 Å². The number of benzene rings is 2. The average molecular weight is 413 g/mol. The lowest BCUT2D eigenvalue weighted by Crippen LogP contribution is -2.31. The Bertz CT molecular complexity index is 994. The van der Waals surface area contributed by atoms with Crippen LogP contribution in [0.3, 0.4) is 0 Å². The molecule has 0 saturated heterocycles. The first-order valence-corrected chi connectivity index (χ1v) is 9.79. The van der Waals surface area contributed by atoms with Crippen LogP contribution in [0, 0.1) is 6.92 Å². The summed E-state index contributed by atoms with van der Waals surface area (Å²) in [5.41, 5.74) is 3.98. The number of amides is 1. The molecule has 5 heteroatoms. The Labute approximate surface area is 175 Å². The molecule has 0 N–H and O–H groups in total. The van der Waals surface area contributed by atoms with Crippen LogP contribution in [0.2, 0.25) is 10.0 Å². The molecule has 3 aromatic rings. The van der Waals surface area contributed by atoms with Gasteiger partial charge in [0.05, 0.1) is 17.1 Å². The Morgan fingerprint density at radius 1 is 1.14 bits per heavy atom. The maximum absolute atomic E-state index is 13.1. The Hall–Kier alpha value is -2.49. The fourth-order valence-corrected chi connectivity index (χ4v) is 3.61. The third kappa shape index (κ3) is 4.67. The molecular weight excluding hydrogens is 391 g/mol. The molecule has 0 atom stereocenters. The summed E-state index contributed by atoms with van der Waals surface area (Å²) in [7, 11) is 0. The lowest BCUT2D eigenvalue weighted by Gasteiger charge is -2.23. The lowest BCUT2D eigenvalue weighted by molar-refractivity contribution is 0.0759. The summed E-state index contributed by atoms with van der Waals surface area (Å²) in [4.78, 5) is 14.8. The van der Waals surface area contributed by atoms with Gasteiger partial charge in [-0.2, -0.15) is 0 Å². The summed E-state index contributed by atoms with van der Waals surface area (Å²) >= 11 is 12.2. The van der Waals surface area contributed by atoms with Crippen molar-refractivity contribution in [2.45, 2.75) is 20.0 Å². The molecule has 3 rings (SSSR count). The van der Waals surface area contributed by atoms with Crippen LogP contribution in [0.15, 0.2) is 73.4 Å². The zero-order valence-electron chi connectivity index (χ0n) is 15.7. The Balaban J connectivity index is 1.84. The highest BCUT2D eigenvalue weighted by molar-refractivity contribution is 6.36. The van der Waals surface area contributed by atoms with Gasteiger partial charge in [-0.05, 0) is 48.4 Å². The van der Waals surface area contributed by atoms with Gasteiger partial charge in [-0.25, -0.2) is 0 Å². The Morgan fingerprint density at radius 2 is 1.93 bits per heavy atom. The Kier molecular flexibility index (Phi) is 6.61. The van der Waals surface area contributed by atoms with Gasteiger partial charge in [-0.3, -0.25) is 4.79 Å². The van der Waals surface area contributed by atoms with Gasteiger partial charge in [0.15, 0.2) is 0 Å². The van der Waals surface area contributed by atoms with E-state index in [1.54, 1.807) is 29.2 Å². The van der Waals surface area contributed by atoms with Crippen LogP contribution in [-0.4, -0.2) is 21.9 Å². The number of nitrogens with zero attached hydrogens (tertiary/aromatic N) is 2. The van der Waals surface area contributed by atoms with Crippen LogP contribution >= 0.6 is 23.2 Å². The largest absolute Gasteiger partial charge is 0.345 e. The van der Waals surface area contributed by atoms with Crippen molar-refractivity contribution in [2.24, 2.45) is 0 Å². The second-order valence-electron chi connectivity index (χ2n) is 6.65. The predicted molar refractivity (Wildman–Crippen MR) is 116 cm³/mol. The highest BCUT2D eigenvalue weighted by Gasteiger charge is 2.19. The molecule has 28 heavy (non-hydrogen) atoms. The van der Waals surface area contributed by atoms with Gasteiger partial charge < -0.3 is 9.47 Å². The molecule has 1 aromatic heterocycles. The number of rotatable bonds is 7. The van der Waals surface area contributed by atoms with Gasteiger partial charge in [-0.15, -0.1) is 6.58 Å². The average Bonchev–Trinajstić information content (AvgIpc) is 3.09. The van der Waals surface area contributed by atoms with Crippen molar-refractivity contribution in [3.63, 3.8) is 0 Å². The van der Waals surface area contributed by atoms with E-state index < -0.39 is 0 Å². The summed E-state index contributed by atoms with van der Waals surface area (Å²) in [5, 5.41) is 0.853. The van der Waals surface area contributed by atoms with Crippen molar-refractivity contribution in [1.29, 1.82) is 0 Å². The maximum Gasteiger partial charge on any atom is 0.256 e. The molecule has 2 aromatic carbocycles. The molecule has 0 aliphatic carbocycles. The van der Waals surface area contributed by atoms with E-state index in [4.69, 9.17) is 23.2 Å². The van der Waals surface area contributed by atoms with Crippen LogP contribution < -0.4 is 0 Å². The molecule has 0 aliphatic rings. The first kappa shape index (κ1) is 20.2. The molecule has 3 nitrogen and oxygen atoms in total. The van der Waals surface area contributed by atoms with E-state index in [9.17, 15) is 4.79 Å². The predicted octanol–water partition coefficient (Wildman–Crippen LogP) is 5.98. The summed E-state index contributed by atoms with van der Waals surface area (Å²) < 4.78 is 2.16. The van der Waals surface area contributed by atoms with Crippen LogP contribution in [-0.2, 0) is 13.1 Å². The molecule has 0 spiro atoms. The minimum absolute atomic E-state index is 0.148. The van der Waals surface area contributed by atoms with Gasteiger partial charge in [0.2, 0.25) is 0 Å². The van der Waals surface area contributed by atoms with E-state index in [0.717, 1.165) is 12.2 Å². The second-order valence-corrected chi connectivity index (χ2v) is 7.50. The molecule has 0 bridgehead atoms. The molecule has 1 heterocycles. The Morgan fingerprint density at radius 3 is 2.64 bits per heavy atom. The lowest BCUT2D eigenvalue weighted by atomic mass is 10.1. The molecule has 0 saturated carbocycles. The number of carbonyl (C=O) groups is 1. The normalized spacial score (nSPS) is 10.7. The molecular formula is C23H22Cl2N2O. The number of hydrogen-bond acceptors (Lipinski definition) is 1. The van der Waals surface area contributed by atoms with E-state index in [1.165, 1.54) is 11.1 Å². The number of carbonyl (C=O) groups excluding carboxylic acids is 1. The van der Waals surface area contributed by atoms with Crippen molar-refractivity contribution in [3.8, 4) is 0 Å². The molecule has 0 aliphatic heterocycles. The van der Waals surface area contributed by atoms with E-state index in [2.05, 4.69) is 30.2 Å². The van der Waals surface area contributed by atoms with Crippen molar-refractivity contribution < 1.29 is 4.79 Å². The summed E-state index contributed by atoms with van der Waals surface area (Å²) in [6, 6.07) is 17.3. The van der Waals surface area contributed by atoms with Crippen molar-refractivity contribution >= 4 is 29.1 Å². The highest BCUT2D eigenvalue weighted by Crippen LogP contribution is 2.23. The second kappa shape index (κ2) is 9.13. The first-order chi connectivity index (χ1) is 13.5. The SMILES string of the molecule is C=CCN(Cc1cccn1Cc1ccccc1C)C(=O)c1ccc(Cl)cc1Cl. The van der Waals surface area contributed by atoms with Gasteiger partial charge in [-0.1, -0.05) is 53.5 Å². The van der Waals surface area contributed by atoms with E-state index in [-0.39, 0.29) is 5.91 Å². The molecule has 144 valence electrons. The summed E-state index contributed by atoms with van der Waals surface area (Å²) in [5.74, 6) is -0.148. The standard InChI is InChI=1S/C23H22Cl2N2O/c1-3-12-27(23(28)21-11-10-19(24)14-22(21)25)16-20-9-6-13-26(20)15-18-8-5-4-7-17(18)2/h3-11,13-14H,1,12,15-16H2,2H3. The van der Waals surface area contributed by atoms with Crippen LogP contribution in [0.5, 0.6) is 0 Å². The van der Waals surface area contributed by atoms with Gasteiger partial charge in [0.1, 0.15) is 0 Å². The number of hydrogen-bond donors (Lipinski definition) is 0. The fraction of sp³-hybridized carbons (Fsp3) is 0.174. The van der Waals surface area contributed by atoms with Gasteiger partial charge >= 0.3 is 0 Å². The molecule has 0 fully saturated rings. The maximum atomic E-state index is 13.1. The van der Waals surface area contributed by atoms with E-state index >= 15 is 0 Å². The van der Waals surface area contributed by atoms with Crippen LogP contribution in [0.4, 0.5) is 0 Å². The minimum atomic E-state index is -0.148. The zero-order chi connectivity index (χ0) is 20.1. The fourth-order valence-electron chi connectivity index (χ4n) is 3.12. The summed E-state index contributed by atoms with van der Waals surface area (Å²) in [6.45, 7) is 7.54. The van der Waals surface area contributed by atoms with Crippen molar-refractivity contribution in [2.75, 3.05) is 6.54 Å². The monoisotopic (exact) mass is 412 g/mol. The molecule has 0 radical (unpaired) electrons. The quantitative estimate of drug-likeness (QED) is 0.438. The number of aromatic nitrogens is 1. The first-order valence-electron chi connectivity index (χ1n) is 9.03. The molecule has 1 amide bonds. The van der Waals surface area contributed by atoms with Crippen LogP contribution in [0.25, 0.3) is 0 Å². The topological polar surface area (TPSA) is 25.2 Å². The van der Waals surface area contributed by atoms with Crippen molar-refractivity contribution in [3.05, 3.63) is 106 Å². The smallest absolute Gasteiger partial charge is 0.256 e. The summed E-state index contributed by atoms with van der Waals surface area (Å²) in [6.07, 6.45) is 3.75. The highest BCUT2D eigenvalue weighted by atomic mass is 35.5. The zero-order valence-corrected chi connectivity index (χ0v) is 17.2. The van der Waals surface area contributed by atoms with Gasteiger partial charge in [0.25, 0.3) is 5.91 Å². The number of halogens is 2. The third-order valence-corrected chi connectivity index (χ3v) is 5.22. The van der Waals surface area contributed by atoms with E-state index in [1.807, 2.05) is 30.5 Å². The molecule has 0 unspecified atom stereocenters. The van der Waals surface area contributed by atoms with E-state index in [0.29, 0.717) is 28.7 Å². The van der Waals surface area contributed by atoms with Gasteiger partial charge in [0, 0.05) is 30.0 Å². The minimum Gasteiger partial charge on any atom is -0.345 e.